The first kappa shape index (κ1) is 23.2. The lowest BCUT2D eigenvalue weighted by Crippen LogP contribution is -2.44. The lowest BCUT2D eigenvalue weighted by atomic mass is 9.82. The number of carbonyl (C=O) groups is 2. The summed E-state index contributed by atoms with van der Waals surface area (Å²) in [7, 11) is 0. The molecule has 196 valence electrons. The molecule has 10 nitrogen and oxygen atoms in total. The zero-order valence-electron chi connectivity index (χ0n) is 21.3. The van der Waals surface area contributed by atoms with Crippen LogP contribution in [0.1, 0.15) is 67.5 Å². The van der Waals surface area contributed by atoms with Gasteiger partial charge in [-0.1, -0.05) is 20.8 Å². The molecular formula is C28H27N3O7. The maximum absolute atomic E-state index is 13.7. The number of fused-ring (bicyclic) bond motifs is 7. The summed E-state index contributed by atoms with van der Waals surface area (Å²) in [5.41, 5.74) is 2.91. The van der Waals surface area contributed by atoms with E-state index in [-0.39, 0.29) is 60.9 Å². The van der Waals surface area contributed by atoms with E-state index < -0.39 is 11.6 Å². The van der Waals surface area contributed by atoms with Crippen LogP contribution in [0.15, 0.2) is 16.9 Å². The van der Waals surface area contributed by atoms with E-state index in [1.54, 1.807) is 17.6 Å². The van der Waals surface area contributed by atoms with Gasteiger partial charge >= 0.3 is 5.97 Å². The SMILES string of the molecule is CC[C@@]1(O)C(=O)OCc2c1cc1n(c2=O)Cc2c-1nc1cc3c(c4c1c2[C@@H](NC(=O)C(C)C)CC4)OCO3. The van der Waals surface area contributed by atoms with E-state index >= 15 is 0 Å². The Labute approximate surface area is 217 Å². The van der Waals surface area contributed by atoms with Crippen LogP contribution in [0.25, 0.3) is 22.3 Å². The molecule has 0 saturated heterocycles. The van der Waals surface area contributed by atoms with Gasteiger partial charge in [0.2, 0.25) is 12.7 Å². The van der Waals surface area contributed by atoms with Crippen molar-refractivity contribution in [3.8, 4) is 22.9 Å². The van der Waals surface area contributed by atoms with Crippen LogP contribution >= 0.6 is 0 Å². The number of carbonyl (C=O) groups excluding carboxylic acids is 2. The van der Waals surface area contributed by atoms with Gasteiger partial charge in [-0.15, -0.1) is 0 Å². The van der Waals surface area contributed by atoms with Crippen LogP contribution in [0.4, 0.5) is 0 Å². The van der Waals surface area contributed by atoms with Crippen molar-refractivity contribution in [1.29, 1.82) is 0 Å². The minimum atomic E-state index is -1.90. The van der Waals surface area contributed by atoms with Gasteiger partial charge in [-0.05, 0) is 30.9 Å². The van der Waals surface area contributed by atoms with Gasteiger partial charge in [0.1, 0.15) is 6.61 Å². The Morgan fingerprint density at radius 1 is 1.21 bits per heavy atom. The van der Waals surface area contributed by atoms with E-state index in [0.29, 0.717) is 41.2 Å². The number of pyridine rings is 2. The van der Waals surface area contributed by atoms with Crippen molar-refractivity contribution in [2.75, 3.05) is 6.79 Å². The molecule has 3 aromatic rings. The maximum atomic E-state index is 13.7. The van der Waals surface area contributed by atoms with Crippen molar-refractivity contribution in [1.82, 2.24) is 14.9 Å². The first-order valence-corrected chi connectivity index (χ1v) is 13.0. The number of aliphatic hydroxyl groups is 1. The van der Waals surface area contributed by atoms with Crippen LogP contribution in [0.2, 0.25) is 0 Å². The molecule has 2 atom stereocenters. The molecule has 0 spiro atoms. The number of hydrogen-bond acceptors (Lipinski definition) is 8. The Bertz CT molecular complexity index is 1660. The third-order valence-corrected chi connectivity index (χ3v) is 8.33. The summed E-state index contributed by atoms with van der Waals surface area (Å²) in [6, 6.07) is 3.28. The molecule has 1 aromatic carbocycles. The molecule has 0 unspecified atom stereocenters. The molecule has 0 bridgehead atoms. The van der Waals surface area contributed by atoms with Gasteiger partial charge in [0.05, 0.1) is 35.1 Å². The topological polar surface area (TPSA) is 129 Å². The summed E-state index contributed by atoms with van der Waals surface area (Å²) < 4.78 is 18.3. The summed E-state index contributed by atoms with van der Waals surface area (Å²) in [6.07, 6.45) is 1.42. The Balaban J connectivity index is 1.51. The molecule has 10 heteroatoms. The van der Waals surface area contributed by atoms with Gasteiger partial charge in [0.15, 0.2) is 17.1 Å². The number of aromatic nitrogens is 2. The van der Waals surface area contributed by atoms with E-state index in [9.17, 15) is 19.5 Å². The van der Waals surface area contributed by atoms with Crippen LogP contribution in [-0.4, -0.2) is 33.3 Å². The van der Waals surface area contributed by atoms with Crippen LogP contribution in [0, 0.1) is 5.92 Å². The van der Waals surface area contributed by atoms with Gasteiger partial charge in [-0.25, -0.2) is 9.78 Å². The average molecular weight is 518 g/mol. The Kier molecular flexibility index (Phi) is 4.76. The first-order valence-electron chi connectivity index (χ1n) is 13.0. The molecule has 0 radical (unpaired) electrons. The molecule has 0 saturated carbocycles. The first-order chi connectivity index (χ1) is 18.2. The lowest BCUT2D eigenvalue weighted by Gasteiger charge is -2.31. The highest BCUT2D eigenvalue weighted by Gasteiger charge is 2.46. The molecule has 1 aliphatic carbocycles. The predicted molar refractivity (Wildman–Crippen MR) is 135 cm³/mol. The Morgan fingerprint density at radius 2 is 2.03 bits per heavy atom. The zero-order valence-corrected chi connectivity index (χ0v) is 21.3. The normalized spacial score (nSPS) is 22.2. The Morgan fingerprint density at radius 3 is 2.79 bits per heavy atom. The van der Waals surface area contributed by atoms with E-state index in [4.69, 9.17) is 19.2 Å². The van der Waals surface area contributed by atoms with Gasteiger partial charge in [0, 0.05) is 34.1 Å². The number of ether oxygens (including phenoxy) is 3. The molecule has 38 heavy (non-hydrogen) atoms. The molecule has 2 N–H and O–H groups in total. The van der Waals surface area contributed by atoms with Crippen molar-refractivity contribution in [2.24, 2.45) is 5.92 Å². The number of nitrogens with one attached hydrogen (secondary N) is 1. The van der Waals surface area contributed by atoms with E-state index in [0.717, 1.165) is 22.1 Å². The van der Waals surface area contributed by atoms with Crippen molar-refractivity contribution in [3.63, 3.8) is 0 Å². The summed E-state index contributed by atoms with van der Waals surface area (Å²) in [5, 5.41) is 15.3. The van der Waals surface area contributed by atoms with Crippen LogP contribution in [-0.2, 0) is 39.5 Å². The van der Waals surface area contributed by atoms with E-state index in [1.807, 2.05) is 19.9 Å². The Hall–Kier alpha value is -3.92. The highest BCUT2D eigenvalue weighted by Crippen LogP contribution is 2.50. The molecule has 1 amide bonds. The third-order valence-electron chi connectivity index (χ3n) is 8.33. The molecule has 7 rings (SSSR count). The summed E-state index contributed by atoms with van der Waals surface area (Å²) >= 11 is 0. The fraction of sp³-hybridized carbons (Fsp3) is 0.429. The minimum absolute atomic E-state index is 0.0512. The van der Waals surface area contributed by atoms with Crippen molar-refractivity contribution in [2.45, 2.75) is 64.8 Å². The molecule has 0 fully saturated rings. The van der Waals surface area contributed by atoms with E-state index in [2.05, 4.69) is 5.32 Å². The van der Waals surface area contributed by atoms with E-state index in [1.165, 1.54) is 0 Å². The smallest absolute Gasteiger partial charge is 0.343 e. The fourth-order valence-corrected chi connectivity index (χ4v) is 6.27. The van der Waals surface area contributed by atoms with Crippen molar-refractivity contribution < 1.29 is 28.9 Å². The zero-order chi connectivity index (χ0) is 26.5. The number of amides is 1. The highest BCUT2D eigenvalue weighted by atomic mass is 16.7. The van der Waals surface area contributed by atoms with Gasteiger partial charge < -0.3 is 29.2 Å². The second kappa shape index (κ2) is 7.80. The standard InChI is InChI=1S/C28H27N3O7/c1-4-28(35)16-7-19-23-14(9-31(19)26(33)15(16)10-36-27(28)34)22-17(30-25(32)12(2)3)6-5-13-21(22)18(29-23)8-20-24(13)38-11-37-20/h7-8,12,17,35H,4-6,9-11H2,1-3H3,(H,30,32)/t17-,28-/m0/s1. The fourth-order valence-electron chi connectivity index (χ4n) is 6.27. The highest BCUT2D eigenvalue weighted by molar-refractivity contribution is 5.96. The number of rotatable bonds is 3. The number of benzene rings is 1. The van der Waals surface area contributed by atoms with Crippen molar-refractivity contribution in [3.05, 3.63) is 50.3 Å². The molecule has 3 aliphatic heterocycles. The second-order valence-electron chi connectivity index (χ2n) is 10.7. The molecule has 2 aromatic heterocycles. The summed E-state index contributed by atoms with van der Waals surface area (Å²) in [6.45, 7) is 5.60. The van der Waals surface area contributed by atoms with Gasteiger partial charge in [-0.3, -0.25) is 9.59 Å². The predicted octanol–water partition coefficient (Wildman–Crippen LogP) is 2.57. The quantitative estimate of drug-likeness (QED) is 0.397. The number of hydrogen-bond donors (Lipinski definition) is 2. The third kappa shape index (κ3) is 2.92. The number of cyclic esters (lactones) is 1. The van der Waals surface area contributed by atoms with Gasteiger partial charge in [-0.2, -0.15) is 0 Å². The maximum Gasteiger partial charge on any atom is 0.343 e. The molecule has 4 aliphatic rings. The van der Waals surface area contributed by atoms with Crippen LogP contribution in [0.5, 0.6) is 11.5 Å². The van der Waals surface area contributed by atoms with Gasteiger partial charge in [0.25, 0.3) is 5.56 Å². The number of esters is 1. The lowest BCUT2D eigenvalue weighted by molar-refractivity contribution is -0.172. The van der Waals surface area contributed by atoms with Crippen LogP contribution < -0.4 is 20.3 Å². The average Bonchev–Trinajstić information content (AvgIpc) is 3.52. The largest absolute Gasteiger partial charge is 0.458 e. The van der Waals surface area contributed by atoms with Crippen molar-refractivity contribution >= 4 is 22.8 Å². The summed E-state index contributed by atoms with van der Waals surface area (Å²) in [5.74, 6) is 0.338. The van der Waals surface area contributed by atoms with Crippen LogP contribution in [0.3, 0.4) is 0 Å². The molecular weight excluding hydrogens is 490 g/mol. The monoisotopic (exact) mass is 517 g/mol. The second-order valence-corrected chi connectivity index (χ2v) is 10.7. The minimum Gasteiger partial charge on any atom is -0.458 e. The molecule has 5 heterocycles. The number of aryl methyl sites for hydroxylation is 1. The number of nitrogens with zero attached hydrogens (tertiary/aromatic N) is 2. The summed E-state index contributed by atoms with van der Waals surface area (Å²) in [4.78, 5) is 44.0.